The fourth-order valence-corrected chi connectivity index (χ4v) is 12.0. The van der Waals surface area contributed by atoms with Crippen molar-refractivity contribution in [3.05, 3.63) is 117 Å². The normalized spacial score (nSPS) is 11.4. The van der Waals surface area contributed by atoms with Gasteiger partial charge in [-0.2, -0.15) is 0 Å². The molecule has 0 radical (unpaired) electrons. The number of carbonyl (C=O) groups is 4. The van der Waals surface area contributed by atoms with Crippen LogP contribution in [0.2, 0.25) is 0 Å². The van der Waals surface area contributed by atoms with Crippen LogP contribution in [0.4, 0.5) is 0 Å². The Labute approximate surface area is 268 Å². The third-order valence-electron chi connectivity index (χ3n) is 8.80. The molecule has 4 nitrogen and oxygen atoms in total. The van der Waals surface area contributed by atoms with E-state index in [0.717, 1.165) is 43.0 Å². The van der Waals surface area contributed by atoms with Crippen LogP contribution in [0.3, 0.4) is 0 Å². The number of aryl methyl sites for hydroxylation is 4. The van der Waals surface area contributed by atoms with Crippen LogP contribution in [-0.2, 0) is 0 Å². The lowest BCUT2D eigenvalue weighted by Crippen LogP contribution is -2.78. The van der Waals surface area contributed by atoms with E-state index in [9.17, 15) is 19.2 Å². The predicted octanol–water partition coefficient (Wildman–Crippen LogP) is 6.67. The Morgan fingerprint density at radius 3 is 0.778 bits per heavy atom. The monoisotopic (exact) mass is 616 g/mol. The number of Topliss-reactive ketones (excluding diaryl/α,β-unsaturated/α-hetero) is 4. The molecule has 0 aliphatic heterocycles. The summed E-state index contributed by atoms with van der Waals surface area (Å²) in [6, 6.07) is 23.8. The Morgan fingerprint density at radius 1 is 0.400 bits per heavy atom. The van der Waals surface area contributed by atoms with Crippen molar-refractivity contribution in [2.45, 2.75) is 81.1 Å². The smallest absolute Gasteiger partial charge is 0.182 e. The minimum atomic E-state index is -3.77. The van der Waals surface area contributed by atoms with E-state index < -0.39 is 8.07 Å². The second-order valence-electron chi connectivity index (χ2n) is 12.1. The zero-order valence-electron chi connectivity index (χ0n) is 27.9. The molecule has 0 saturated carbocycles. The summed E-state index contributed by atoms with van der Waals surface area (Å²) in [4.78, 5) is 55.7. The minimum absolute atomic E-state index is 0.0213. The molecule has 4 rings (SSSR count). The van der Waals surface area contributed by atoms with Crippen molar-refractivity contribution in [3.63, 3.8) is 0 Å². The third-order valence-corrected chi connectivity index (χ3v) is 13.8. The van der Waals surface area contributed by atoms with E-state index in [2.05, 4.69) is 0 Å². The van der Waals surface area contributed by atoms with Gasteiger partial charge in [0, 0.05) is 47.9 Å². The number of hydrogen-bond donors (Lipinski definition) is 0. The fraction of sp³-hybridized carbons (Fsp3) is 0.300. The maximum absolute atomic E-state index is 13.9. The summed E-state index contributed by atoms with van der Waals surface area (Å²) < 4.78 is 0. The molecular weight excluding hydrogens is 573 g/mol. The molecule has 0 heterocycles. The van der Waals surface area contributed by atoms with Crippen LogP contribution >= 0.6 is 0 Å². The fourth-order valence-electron chi connectivity index (χ4n) is 6.50. The zero-order chi connectivity index (χ0) is 33.1. The Bertz CT molecular complexity index is 1550. The van der Waals surface area contributed by atoms with Crippen molar-refractivity contribution in [2.75, 3.05) is 0 Å². The maximum atomic E-state index is 13.9. The highest BCUT2D eigenvalue weighted by molar-refractivity contribution is 7.21. The van der Waals surface area contributed by atoms with E-state index in [-0.39, 0.29) is 23.1 Å². The molecule has 0 unspecified atom stereocenters. The molecule has 0 saturated heterocycles. The molecule has 0 amide bonds. The molecular formula is C40H44O4Si. The van der Waals surface area contributed by atoms with Crippen molar-refractivity contribution < 1.29 is 19.2 Å². The van der Waals surface area contributed by atoms with E-state index in [1.807, 2.05) is 128 Å². The van der Waals surface area contributed by atoms with Crippen molar-refractivity contribution >= 4 is 52.0 Å². The summed E-state index contributed by atoms with van der Waals surface area (Å²) in [5.74, 6) is -0.0851. The molecule has 0 bridgehead atoms. The predicted molar refractivity (Wildman–Crippen MR) is 187 cm³/mol. The van der Waals surface area contributed by atoms with Crippen molar-refractivity contribution in [1.82, 2.24) is 0 Å². The van der Waals surface area contributed by atoms with Crippen molar-refractivity contribution in [2.24, 2.45) is 0 Å². The second-order valence-corrected chi connectivity index (χ2v) is 15.7. The van der Waals surface area contributed by atoms with Crippen LogP contribution < -0.4 is 20.7 Å². The number of carbonyl (C=O) groups excluding carboxylic acids is 4. The van der Waals surface area contributed by atoms with Gasteiger partial charge in [-0.3, -0.25) is 19.2 Å². The lowest BCUT2D eigenvalue weighted by molar-refractivity contribution is 0.0981. The van der Waals surface area contributed by atoms with Gasteiger partial charge >= 0.3 is 0 Å². The molecule has 4 aromatic carbocycles. The average Bonchev–Trinajstić information content (AvgIpc) is 3.05. The van der Waals surface area contributed by atoms with Gasteiger partial charge in [-0.1, -0.05) is 98.5 Å². The van der Waals surface area contributed by atoms with Crippen molar-refractivity contribution in [3.8, 4) is 0 Å². The van der Waals surface area contributed by atoms with Gasteiger partial charge in [0.25, 0.3) is 0 Å². The summed E-state index contributed by atoms with van der Waals surface area (Å²) in [5.41, 5.74) is 6.06. The SMILES string of the molecule is CCC(=O)c1cc(C)ccc1[Si](c1ccc(C)cc1C(=O)CC)(c1ccc(C)cc1C(=O)CC)c1ccc(C)cc1C(=O)CC. The summed E-state index contributed by atoms with van der Waals surface area (Å²) >= 11 is 0. The molecule has 4 aromatic rings. The first-order chi connectivity index (χ1) is 21.4. The molecule has 232 valence electrons. The highest BCUT2D eigenvalue weighted by Crippen LogP contribution is 2.23. The summed E-state index contributed by atoms with van der Waals surface area (Å²) in [6.07, 6.45) is 1.16. The van der Waals surface area contributed by atoms with Crippen molar-refractivity contribution in [1.29, 1.82) is 0 Å². The maximum Gasteiger partial charge on any atom is 0.182 e. The molecule has 0 aliphatic rings. The highest BCUT2D eigenvalue weighted by Gasteiger charge is 2.49. The second kappa shape index (κ2) is 13.8. The average molecular weight is 617 g/mol. The van der Waals surface area contributed by atoms with Gasteiger partial charge in [0.15, 0.2) is 31.2 Å². The van der Waals surface area contributed by atoms with Crippen LogP contribution in [0.1, 0.15) is 117 Å². The van der Waals surface area contributed by atoms with Crippen LogP contribution in [0.15, 0.2) is 72.8 Å². The first kappa shape index (κ1) is 33.7. The van der Waals surface area contributed by atoms with E-state index >= 15 is 0 Å². The Hall–Kier alpha value is -4.22. The summed E-state index contributed by atoms with van der Waals surface area (Å²) in [7, 11) is -3.77. The number of rotatable bonds is 12. The quantitative estimate of drug-likeness (QED) is 0.101. The number of hydrogen-bond acceptors (Lipinski definition) is 4. The molecule has 45 heavy (non-hydrogen) atoms. The van der Waals surface area contributed by atoms with Gasteiger partial charge in [-0.15, -0.1) is 0 Å². The number of benzene rings is 4. The molecule has 0 N–H and O–H groups in total. The van der Waals surface area contributed by atoms with E-state index in [1.54, 1.807) is 0 Å². The van der Waals surface area contributed by atoms with Gasteiger partial charge in [0.2, 0.25) is 0 Å². The molecule has 5 heteroatoms. The Morgan fingerprint density at radius 2 is 0.600 bits per heavy atom. The summed E-state index contributed by atoms with van der Waals surface area (Å²) in [5, 5.41) is 3.16. The van der Waals surface area contributed by atoms with Gasteiger partial charge < -0.3 is 0 Å². The first-order valence-electron chi connectivity index (χ1n) is 16.0. The molecule has 0 atom stereocenters. The molecule has 0 spiro atoms. The Kier molecular flexibility index (Phi) is 10.3. The Balaban J connectivity index is 2.49. The van der Waals surface area contributed by atoms with Crippen LogP contribution in [-0.4, -0.2) is 31.2 Å². The standard InChI is InChI=1S/C40H44O4Si/c1-9-33(41)29-21-25(5)13-17-37(29)45(38-18-14-26(6)22-30(38)34(42)10-2,39-19-15-27(7)23-31(39)35(43)11-3)40-20-16-28(8)24-32(40)36(44)12-4/h13-24H,9-12H2,1-8H3. The number of ketones is 4. The lowest BCUT2D eigenvalue weighted by atomic mass is 10.0. The zero-order valence-corrected chi connectivity index (χ0v) is 28.9. The highest BCUT2D eigenvalue weighted by atomic mass is 28.3. The van der Waals surface area contributed by atoms with Gasteiger partial charge in [0.1, 0.15) is 0 Å². The van der Waals surface area contributed by atoms with Crippen LogP contribution in [0.25, 0.3) is 0 Å². The van der Waals surface area contributed by atoms with Gasteiger partial charge in [-0.25, -0.2) is 0 Å². The molecule has 0 aliphatic carbocycles. The van der Waals surface area contributed by atoms with E-state index in [4.69, 9.17) is 0 Å². The lowest BCUT2D eigenvalue weighted by Gasteiger charge is -2.39. The van der Waals surface area contributed by atoms with E-state index in [1.165, 1.54) is 0 Å². The summed E-state index contributed by atoms with van der Waals surface area (Å²) in [6.45, 7) is 15.3. The van der Waals surface area contributed by atoms with Crippen LogP contribution in [0, 0.1) is 27.7 Å². The topological polar surface area (TPSA) is 68.3 Å². The third kappa shape index (κ3) is 6.19. The van der Waals surface area contributed by atoms with E-state index in [0.29, 0.717) is 47.9 Å². The van der Waals surface area contributed by atoms with Gasteiger partial charge in [-0.05, 0) is 72.7 Å². The largest absolute Gasteiger partial charge is 0.294 e. The molecule has 0 fully saturated rings. The van der Waals surface area contributed by atoms with Crippen LogP contribution in [0.5, 0.6) is 0 Å². The van der Waals surface area contributed by atoms with Gasteiger partial charge in [0.05, 0.1) is 0 Å². The molecule has 0 aromatic heterocycles. The minimum Gasteiger partial charge on any atom is -0.294 e. The first-order valence-corrected chi connectivity index (χ1v) is 18.0.